The summed E-state index contributed by atoms with van der Waals surface area (Å²) >= 11 is 0. The molecule has 6 heteroatoms. The van der Waals surface area contributed by atoms with Gasteiger partial charge in [0.05, 0.1) is 50.2 Å². The Balaban J connectivity index is 1.43. The lowest BCUT2D eigenvalue weighted by Gasteiger charge is -2.23. The first kappa shape index (κ1) is 27.9. The number of nitrogens with zero attached hydrogens (tertiary/aromatic N) is 6. The maximum atomic E-state index is 4.69. The van der Waals surface area contributed by atoms with Crippen LogP contribution in [-0.4, -0.2) is 28.7 Å². The first-order chi connectivity index (χ1) is 25.3. The van der Waals surface area contributed by atoms with Crippen LogP contribution in [0.5, 0.6) is 0 Å². The maximum Gasteiger partial charge on any atom is 0.162 e. The second kappa shape index (κ2) is 10.7. The number of rotatable bonds is 4. The summed E-state index contributed by atoms with van der Waals surface area (Å²) in [7, 11) is 0. The summed E-state index contributed by atoms with van der Waals surface area (Å²) in [6, 6.07) is 56.7. The van der Waals surface area contributed by atoms with E-state index in [1.165, 1.54) is 32.3 Å². The Kier molecular flexibility index (Phi) is 5.86. The van der Waals surface area contributed by atoms with E-state index in [2.05, 4.69) is 186 Å². The van der Waals surface area contributed by atoms with Gasteiger partial charge < -0.3 is 13.7 Å². The molecule has 6 nitrogen and oxygen atoms in total. The van der Waals surface area contributed by atoms with Crippen molar-refractivity contribution < 1.29 is 0 Å². The standard InChI is InChI=1S/C45H28N6/c1-7-19-36-30(13-1)31-14-2-8-20-37(31)49(36)42-25-29(45-47-27-46-28-48-45)26-43(50-38-21-9-3-15-32(38)33-16-4-10-22-39(33)50)44(42)51-40-23-11-5-17-34(40)35-18-6-12-24-41(35)51/h1-28H. The van der Waals surface area contributed by atoms with Crippen molar-refractivity contribution in [1.82, 2.24) is 28.7 Å². The van der Waals surface area contributed by atoms with Gasteiger partial charge in [-0.1, -0.05) is 109 Å². The van der Waals surface area contributed by atoms with E-state index in [1.54, 1.807) is 12.7 Å². The topological polar surface area (TPSA) is 53.5 Å². The number of hydrogen-bond acceptors (Lipinski definition) is 3. The Morgan fingerprint density at radius 3 is 0.961 bits per heavy atom. The number of benzene rings is 7. The fourth-order valence-electron chi connectivity index (χ4n) is 8.22. The number of para-hydroxylation sites is 6. The highest BCUT2D eigenvalue weighted by molar-refractivity contribution is 6.13. The summed E-state index contributed by atoms with van der Waals surface area (Å²) in [5, 5.41) is 7.21. The minimum atomic E-state index is 0.614. The highest BCUT2D eigenvalue weighted by Gasteiger charge is 2.26. The smallest absolute Gasteiger partial charge is 0.162 e. The number of aromatic nitrogens is 6. The molecule has 0 saturated heterocycles. The van der Waals surface area contributed by atoms with Crippen molar-refractivity contribution in [3.05, 3.63) is 170 Å². The lowest BCUT2D eigenvalue weighted by Crippen LogP contribution is -2.10. The highest BCUT2D eigenvalue weighted by atomic mass is 15.1. The Bertz CT molecular complexity index is 2850. The normalized spacial score (nSPS) is 11.9. The number of fused-ring (bicyclic) bond motifs is 9. The van der Waals surface area contributed by atoms with Gasteiger partial charge in [-0.3, -0.25) is 0 Å². The van der Waals surface area contributed by atoms with Crippen LogP contribution in [-0.2, 0) is 0 Å². The fraction of sp³-hybridized carbons (Fsp3) is 0. The molecule has 51 heavy (non-hydrogen) atoms. The van der Waals surface area contributed by atoms with E-state index >= 15 is 0 Å². The largest absolute Gasteiger partial charge is 0.307 e. The van der Waals surface area contributed by atoms with Gasteiger partial charge in [-0.2, -0.15) is 0 Å². The quantitative estimate of drug-likeness (QED) is 0.190. The molecule has 0 saturated carbocycles. The van der Waals surface area contributed by atoms with E-state index in [0.717, 1.165) is 55.7 Å². The second-order valence-electron chi connectivity index (χ2n) is 12.9. The van der Waals surface area contributed by atoms with Gasteiger partial charge in [0.2, 0.25) is 0 Å². The first-order valence-corrected chi connectivity index (χ1v) is 17.1. The molecule has 0 bridgehead atoms. The van der Waals surface area contributed by atoms with Gasteiger partial charge in [0, 0.05) is 37.9 Å². The van der Waals surface area contributed by atoms with Gasteiger partial charge in [0.1, 0.15) is 12.7 Å². The molecule has 0 amide bonds. The molecule has 0 spiro atoms. The molecule has 0 aliphatic carbocycles. The molecule has 4 heterocycles. The molecule has 0 aliphatic heterocycles. The molecule has 0 N–H and O–H groups in total. The molecular weight excluding hydrogens is 625 g/mol. The summed E-state index contributed by atoms with van der Waals surface area (Å²) in [5.41, 5.74) is 10.8. The third kappa shape index (κ3) is 3.95. The molecule has 11 rings (SSSR count). The summed E-state index contributed by atoms with van der Waals surface area (Å²) < 4.78 is 7.30. The van der Waals surface area contributed by atoms with Gasteiger partial charge in [0.25, 0.3) is 0 Å². The Morgan fingerprint density at radius 1 is 0.333 bits per heavy atom. The van der Waals surface area contributed by atoms with E-state index in [9.17, 15) is 0 Å². The van der Waals surface area contributed by atoms with Crippen molar-refractivity contribution in [2.24, 2.45) is 0 Å². The molecule has 0 unspecified atom stereocenters. The Morgan fingerprint density at radius 2 is 0.627 bits per heavy atom. The van der Waals surface area contributed by atoms with Crippen LogP contribution in [0.2, 0.25) is 0 Å². The van der Waals surface area contributed by atoms with E-state index in [-0.39, 0.29) is 0 Å². The molecule has 0 radical (unpaired) electrons. The van der Waals surface area contributed by atoms with Gasteiger partial charge >= 0.3 is 0 Å². The van der Waals surface area contributed by atoms with Crippen LogP contribution in [0.1, 0.15) is 0 Å². The second-order valence-corrected chi connectivity index (χ2v) is 12.9. The summed E-state index contributed by atoms with van der Waals surface area (Å²) in [4.78, 5) is 13.5. The third-order valence-electron chi connectivity index (χ3n) is 10.3. The van der Waals surface area contributed by atoms with Crippen LogP contribution in [0.15, 0.2) is 170 Å². The van der Waals surface area contributed by atoms with Crippen molar-refractivity contribution in [3.63, 3.8) is 0 Å². The molecule has 0 aliphatic rings. The van der Waals surface area contributed by atoms with E-state index in [0.29, 0.717) is 5.82 Å². The zero-order valence-corrected chi connectivity index (χ0v) is 27.3. The van der Waals surface area contributed by atoms with Crippen LogP contribution in [0.25, 0.3) is 93.9 Å². The predicted molar refractivity (Wildman–Crippen MR) is 208 cm³/mol. The van der Waals surface area contributed by atoms with Gasteiger partial charge in [-0.15, -0.1) is 0 Å². The van der Waals surface area contributed by atoms with Crippen LogP contribution in [0.3, 0.4) is 0 Å². The van der Waals surface area contributed by atoms with Crippen molar-refractivity contribution in [1.29, 1.82) is 0 Å². The van der Waals surface area contributed by atoms with E-state index < -0.39 is 0 Å². The third-order valence-corrected chi connectivity index (χ3v) is 10.3. The molecule has 0 atom stereocenters. The molecule has 238 valence electrons. The zero-order valence-electron chi connectivity index (χ0n) is 27.3. The highest BCUT2D eigenvalue weighted by Crippen LogP contribution is 2.44. The van der Waals surface area contributed by atoms with Crippen molar-refractivity contribution >= 4 is 65.4 Å². The summed E-state index contributed by atoms with van der Waals surface area (Å²) in [5.74, 6) is 0.614. The fourth-order valence-corrected chi connectivity index (χ4v) is 8.22. The molecule has 7 aromatic carbocycles. The Hall–Kier alpha value is -7.05. The lowest BCUT2D eigenvalue weighted by molar-refractivity contribution is 1.03. The average Bonchev–Trinajstić information content (AvgIpc) is 3.84. The Labute approximate surface area is 292 Å². The summed E-state index contributed by atoms with van der Waals surface area (Å²) in [6.45, 7) is 0. The molecule has 4 aromatic heterocycles. The van der Waals surface area contributed by atoms with Crippen molar-refractivity contribution in [2.75, 3.05) is 0 Å². The SMILES string of the molecule is c1ccc2c(c1)c1ccccc1n2-c1cc(-c2ncncn2)cc(-n2c3ccccc3c3ccccc32)c1-n1c2ccccc2c2ccccc21. The summed E-state index contributed by atoms with van der Waals surface area (Å²) in [6.07, 6.45) is 3.15. The van der Waals surface area contributed by atoms with Gasteiger partial charge in [-0.05, 0) is 48.5 Å². The monoisotopic (exact) mass is 652 g/mol. The van der Waals surface area contributed by atoms with Crippen molar-refractivity contribution in [2.45, 2.75) is 0 Å². The predicted octanol–water partition coefficient (Wildman–Crippen LogP) is 10.8. The minimum absolute atomic E-state index is 0.614. The number of hydrogen-bond donors (Lipinski definition) is 0. The van der Waals surface area contributed by atoms with Crippen LogP contribution in [0, 0.1) is 0 Å². The zero-order chi connectivity index (χ0) is 33.5. The van der Waals surface area contributed by atoms with Crippen molar-refractivity contribution in [3.8, 4) is 28.5 Å². The average molecular weight is 653 g/mol. The van der Waals surface area contributed by atoms with Gasteiger partial charge in [-0.25, -0.2) is 15.0 Å². The molecule has 11 aromatic rings. The van der Waals surface area contributed by atoms with E-state index in [4.69, 9.17) is 0 Å². The molecule has 0 fully saturated rings. The minimum Gasteiger partial charge on any atom is -0.307 e. The van der Waals surface area contributed by atoms with Crippen LogP contribution in [0.4, 0.5) is 0 Å². The maximum absolute atomic E-state index is 4.69. The van der Waals surface area contributed by atoms with Gasteiger partial charge in [0.15, 0.2) is 5.82 Å². The lowest BCUT2D eigenvalue weighted by atomic mass is 10.1. The first-order valence-electron chi connectivity index (χ1n) is 17.1. The molecular formula is C45H28N6. The van der Waals surface area contributed by atoms with Crippen LogP contribution < -0.4 is 0 Å². The van der Waals surface area contributed by atoms with Crippen LogP contribution >= 0.6 is 0 Å². The van der Waals surface area contributed by atoms with E-state index in [1.807, 2.05) is 0 Å².